The van der Waals surface area contributed by atoms with Gasteiger partial charge in [0.05, 0.1) is 27.7 Å². The number of hydrogen-bond acceptors (Lipinski definition) is 4. The number of benzene rings is 1. The van der Waals surface area contributed by atoms with E-state index in [9.17, 15) is 24.2 Å². The van der Waals surface area contributed by atoms with Crippen LogP contribution in [0.2, 0.25) is 5.02 Å². The standard InChI is InChI=1S/C18H18ClFN2O4/c19-14-15-11(6-13(20)16(14)21-5-1-2-10(23)7-21)17(24)12(18(25)26)8-22(15)9-3-4-9/h6,8-10,23H,1-5,7H2,(H,25,26)/t10-/m0/s1. The Kier molecular flexibility index (Phi) is 4.16. The molecule has 1 aliphatic carbocycles. The zero-order valence-electron chi connectivity index (χ0n) is 13.9. The summed E-state index contributed by atoms with van der Waals surface area (Å²) in [5, 5.41) is 19.3. The highest BCUT2D eigenvalue weighted by Gasteiger charge is 2.31. The molecule has 4 rings (SSSR count). The zero-order chi connectivity index (χ0) is 18.6. The molecule has 1 aliphatic heterocycles. The molecule has 1 atom stereocenters. The highest BCUT2D eigenvalue weighted by atomic mass is 35.5. The van der Waals surface area contributed by atoms with Crippen molar-refractivity contribution in [2.75, 3.05) is 18.0 Å². The number of carboxylic acid groups (broad SMARTS) is 1. The lowest BCUT2D eigenvalue weighted by Crippen LogP contribution is -2.39. The number of aromatic carboxylic acids is 1. The van der Waals surface area contributed by atoms with E-state index in [-0.39, 0.29) is 34.2 Å². The molecule has 1 saturated heterocycles. The number of anilines is 1. The summed E-state index contributed by atoms with van der Waals surface area (Å²) in [6.45, 7) is 0.823. The third kappa shape index (κ3) is 2.75. The first-order chi connectivity index (χ1) is 12.4. The molecule has 0 spiro atoms. The van der Waals surface area contributed by atoms with Crippen molar-refractivity contribution in [3.8, 4) is 0 Å². The van der Waals surface area contributed by atoms with E-state index in [1.165, 1.54) is 6.20 Å². The van der Waals surface area contributed by atoms with Crippen LogP contribution in [0.1, 0.15) is 42.1 Å². The molecule has 8 heteroatoms. The van der Waals surface area contributed by atoms with Crippen LogP contribution in [0.5, 0.6) is 0 Å². The first-order valence-corrected chi connectivity index (χ1v) is 8.99. The van der Waals surface area contributed by atoms with E-state index in [1.807, 2.05) is 0 Å². The summed E-state index contributed by atoms with van der Waals surface area (Å²) in [6.07, 6.45) is 3.81. The second-order valence-corrected chi connectivity index (χ2v) is 7.35. The van der Waals surface area contributed by atoms with Gasteiger partial charge in [-0.1, -0.05) is 11.6 Å². The number of aliphatic hydroxyl groups is 1. The first-order valence-electron chi connectivity index (χ1n) is 8.61. The van der Waals surface area contributed by atoms with Gasteiger partial charge in [0.25, 0.3) is 0 Å². The van der Waals surface area contributed by atoms with Crippen LogP contribution in [-0.2, 0) is 0 Å². The number of rotatable bonds is 3. The van der Waals surface area contributed by atoms with Crippen molar-refractivity contribution in [3.05, 3.63) is 38.9 Å². The van der Waals surface area contributed by atoms with Crippen LogP contribution >= 0.6 is 11.6 Å². The van der Waals surface area contributed by atoms with Gasteiger partial charge in [-0.15, -0.1) is 0 Å². The third-order valence-corrected chi connectivity index (χ3v) is 5.43. The molecule has 1 aromatic carbocycles. The largest absolute Gasteiger partial charge is 0.477 e. The summed E-state index contributed by atoms with van der Waals surface area (Å²) in [5.41, 5.74) is -0.605. The molecule has 2 fully saturated rings. The maximum absolute atomic E-state index is 14.8. The molecule has 0 radical (unpaired) electrons. The van der Waals surface area contributed by atoms with Gasteiger partial charge in [0, 0.05) is 25.3 Å². The minimum absolute atomic E-state index is 0.0272. The molecular formula is C18H18ClFN2O4. The van der Waals surface area contributed by atoms with Gasteiger partial charge in [0.2, 0.25) is 5.43 Å². The molecule has 0 amide bonds. The Morgan fingerprint density at radius 3 is 2.65 bits per heavy atom. The number of fused-ring (bicyclic) bond motifs is 1. The normalized spacial score (nSPS) is 20.6. The molecule has 2 N–H and O–H groups in total. The average molecular weight is 381 g/mol. The fraction of sp³-hybridized carbons (Fsp3) is 0.444. The molecule has 0 bridgehead atoms. The highest BCUT2D eigenvalue weighted by molar-refractivity contribution is 6.38. The minimum atomic E-state index is -1.34. The molecule has 26 heavy (non-hydrogen) atoms. The third-order valence-electron chi connectivity index (χ3n) is 5.07. The Bertz CT molecular complexity index is 970. The minimum Gasteiger partial charge on any atom is -0.477 e. The monoisotopic (exact) mass is 380 g/mol. The summed E-state index contributed by atoms with van der Waals surface area (Å²) in [4.78, 5) is 25.6. The van der Waals surface area contributed by atoms with Gasteiger partial charge >= 0.3 is 5.97 Å². The average Bonchev–Trinajstić information content (AvgIpc) is 3.40. The molecule has 2 heterocycles. The van der Waals surface area contributed by atoms with Crippen LogP contribution in [0.4, 0.5) is 10.1 Å². The Morgan fingerprint density at radius 1 is 1.31 bits per heavy atom. The van der Waals surface area contributed by atoms with Crippen molar-refractivity contribution in [1.29, 1.82) is 0 Å². The van der Waals surface area contributed by atoms with E-state index in [2.05, 4.69) is 0 Å². The fourth-order valence-electron chi connectivity index (χ4n) is 3.67. The van der Waals surface area contributed by atoms with E-state index >= 15 is 0 Å². The number of β-amino-alcohol motifs (C(OH)–C–C–N with tert-alkyl or cyclic N) is 1. The number of aromatic nitrogens is 1. The smallest absolute Gasteiger partial charge is 0.341 e. The number of carboxylic acids is 1. The van der Waals surface area contributed by atoms with Gasteiger partial charge in [-0.2, -0.15) is 0 Å². The van der Waals surface area contributed by atoms with E-state index in [0.29, 0.717) is 24.9 Å². The predicted octanol–water partition coefficient (Wildman–Crippen LogP) is 2.79. The molecule has 0 unspecified atom stereocenters. The number of carbonyl (C=O) groups is 1. The number of nitrogens with zero attached hydrogens (tertiary/aromatic N) is 2. The Hall–Kier alpha value is -2.12. The van der Waals surface area contributed by atoms with E-state index in [1.54, 1.807) is 9.47 Å². The fourth-order valence-corrected chi connectivity index (χ4v) is 4.08. The van der Waals surface area contributed by atoms with Gasteiger partial charge < -0.3 is 19.7 Å². The Balaban J connectivity index is 2.00. The number of pyridine rings is 1. The van der Waals surface area contributed by atoms with Crippen molar-refractivity contribution in [3.63, 3.8) is 0 Å². The van der Waals surface area contributed by atoms with Crippen molar-refractivity contribution < 1.29 is 19.4 Å². The summed E-state index contributed by atoms with van der Waals surface area (Å²) in [5.74, 6) is -2.02. The maximum Gasteiger partial charge on any atom is 0.341 e. The molecule has 138 valence electrons. The summed E-state index contributed by atoms with van der Waals surface area (Å²) in [6, 6.07) is 1.13. The van der Waals surface area contributed by atoms with E-state index in [4.69, 9.17) is 11.6 Å². The molecule has 1 saturated carbocycles. The predicted molar refractivity (Wildman–Crippen MR) is 95.9 cm³/mol. The van der Waals surface area contributed by atoms with Crippen LogP contribution in [-0.4, -0.2) is 39.9 Å². The number of halogens is 2. The van der Waals surface area contributed by atoms with Gasteiger partial charge in [-0.05, 0) is 31.7 Å². The van der Waals surface area contributed by atoms with Crippen LogP contribution in [0.15, 0.2) is 17.1 Å². The van der Waals surface area contributed by atoms with Crippen molar-refractivity contribution in [2.24, 2.45) is 0 Å². The van der Waals surface area contributed by atoms with Gasteiger partial charge in [-0.25, -0.2) is 9.18 Å². The highest BCUT2D eigenvalue weighted by Crippen LogP contribution is 2.42. The van der Waals surface area contributed by atoms with Crippen LogP contribution < -0.4 is 10.3 Å². The molecule has 2 aliphatic rings. The van der Waals surface area contributed by atoms with Crippen LogP contribution in [0.3, 0.4) is 0 Å². The first kappa shape index (κ1) is 17.3. The molecule has 6 nitrogen and oxygen atoms in total. The number of aliphatic hydroxyl groups excluding tert-OH is 1. The number of hydrogen-bond donors (Lipinski definition) is 2. The van der Waals surface area contributed by atoms with E-state index in [0.717, 1.165) is 18.9 Å². The second kappa shape index (κ2) is 6.25. The van der Waals surface area contributed by atoms with Crippen LogP contribution in [0.25, 0.3) is 10.9 Å². The second-order valence-electron chi connectivity index (χ2n) is 6.97. The van der Waals surface area contributed by atoms with Crippen molar-refractivity contribution in [2.45, 2.75) is 37.8 Å². The quantitative estimate of drug-likeness (QED) is 0.855. The van der Waals surface area contributed by atoms with Gasteiger partial charge in [0.1, 0.15) is 11.4 Å². The zero-order valence-corrected chi connectivity index (χ0v) is 14.7. The van der Waals surface area contributed by atoms with Crippen molar-refractivity contribution in [1.82, 2.24) is 4.57 Å². The van der Waals surface area contributed by atoms with Gasteiger partial charge in [0.15, 0.2) is 0 Å². The lowest BCUT2D eigenvalue weighted by Gasteiger charge is -2.33. The molecule has 1 aromatic heterocycles. The topological polar surface area (TPSA) is 82.8 Å². The van der Waals surface area contributed by atoms with E-state index < -0.39 is 23.3 Å². The maximum atomic E-state index is 14.8. The van der Waals surface area contributed by atoms with Crippen LogP contribution in [0, 0.1) is 5.82 Å². The van der Waals surface area contributed by atoms with Crippen molar-refractivity contribution >= 4 is 34.2 Å². The lowest BCUT2D eigenvalue weighted by molar-refractivity contribution is 0.0694. The summed E-state index contributed by atoms with van der Waals surface area (Å²) in [7, 11) is 0. The number of piperidine rings is 1. The summed E-state index contributed by atoms with van der Waals surface area (Å²) < 4.78 is 16.5. The SMILES string of the molecule is O=C(O)c1cn(C2CC2)c2c(Cl)c(N3CCC[C@H](O)C3)c(F)cc2c1=O. The summed E-state index contributed by atoms with van der Waals surface area (Å²) >= 11 is 6.54. The van der Waals surface area contributed by atoms with Gasteiger partial charge in [-0.3, -0.25) is 4.79 Å². The molecule has 2 aromatic rings. The molecular weight excluding hydrogens is 363 g/mol. The lowest BCUT2D eigenvalue weighted by atomic mass is 10.1. The Labute approximate surface area is 153 Å². The Morgan fingerprint density at radius 2 is 2.04 bits per heavy atom.